The highest BCUT2D eigenvalue weighted by Crippen LogP contribution is 2.37. The Bertz CT molecular complexity index is 467. The Morgan fingerprint density at radius 3 is 2.75 bits per heavy atom. The lowest BCUT2D eigenvalue weighted by Crippen LogP contribution is -2.54. The van der Waals surface area contributed by atoms with Gasteiger partial charge >= 0.3 is 0 Å². The summed E-state index contributed by atoms with van der Waals surface area (Å²) in [6.45, 7) is 5.29. The van der Waals surface area contributed by atoms with Crippen molar-refractivity contribution in [3.05, 3.63) is 47.0 Å². The minimum Gasteiger partial charge on any atom is -0.307 e. The largest absolute Gasteiger partial charge is 0.307 e. The van der Waals surface area contributed by atoms with Crippen molar-refractivity contribution in [1.29, 1.82) is 0 Å². The van der Waals surface area contributed by atoms with Crippen LogP contribution in [0.15, 0.2) is 41.4 Å². The standard InChI is InChI=1S/C17H23ClN2/c1-13(9-18)11-20-12-16(14-5-3-2-4-6-14)19-10-17(20)15-7-8-15/h2-6,9,15-17,19H,7-8,10-12H2,1H3/b13-9-. The molecule has 3 heteroatoms. The highest BCUT2D eigenvalue weighted by molar-refractivity contribution is 6.25. The molecule has 3 rings (SSSR count). The molecule has 0 radical (unpaired) electrons. The second kappa shape index (κ2) is 6.30. The molecule has 2 nitrogen and oxygen atoms in total. The van der Waals surface area contributed by atoms with Crippen LogP contribution < -0.4 is 5.32 Å². The predicted molar refractivity (Wildman–Crippen MR) is 84.9 cm³/mol. The third kappa shape index (κ3) is 3.25. The SMILES string of the molecule is C/C(=C/Cl)CN1CC(c2ccccc2)NCC1C1CC1. The summed E-state index contributed by atoms with van der Waals surface area (Å²) in [5.41, 5.74) is 4.37. The first-order valence-corrected chi connectivity index (χ1v) is 8.00. The number of benzene rings is 1. The van der Waals surface area contributed by atoms with Gasteiger partial charge in [-0.3, -0.25) is 4.90 Å². The fraction of sp³-hybridized carbons (Fsp3) is 0.529. The lowest BCUT2D eigenvalue weighted by Gasteiger charge is -2.41. The van der Waals surface area contributed by atoms with Crippen LogP contribution in [0.1, 0.15) is 31.4 Å². The first kappa shape index (κ1) is 14.1. The molecule has 0 spiro atoms. The van der Waals surface area contributed by atoms with Gasteiger partial charge in [0.1, 0.15) is 0 Å². The summed E-state index contributed by atoms with van der Waals surface area (Å²) in [5, 5.41) is 3.73. The van der Waals surface area contributed by atoms with Gasteiger partial charge < -0.3 is 5.32 Å². The molecule has 1 saturated heterocycles. The maximum absolute atomic E-state index is 5.86. The second-order valence-corrected chi connectivity index (χ2v) is 6.38. The van der Waals surface area contributed by atoms with Gasteiger partial charge in [-0.15, -0.1) is 0 Å². The maximum Gasteiger partial charge on any atom is 0.0450 e. The normalized spacial score (nSPS) is 28.6. The summed E-state index contributed by atoms with van der Waals surface area (Å²) >= 11 is 5.86. The van der Waals surface area contributed by atoms with Crippen molar-refractivity contribution >= 4 is 11.6 Å². The van der Waals surface area contributed by atoms with Crippen LogP contribution in [0, 0.1) is 5.92 Å². The molecule has 1 aliphatic heterocycles. The van der Waals surface area contributed by atoms with Gasteiger partial charge in [-0.25, -0.2) is 0 Å². The van der Waals surface area contributed by atoms with Gasteiger partial charge in [0, 0.05) is 37.3 Å². The number of piperazine rings is 1. The summed E-state index contributed by atoms with van der Waals surface area (Å²) in [6.07, 6.45) is 2.78. The number of halogens is 1. The lowest BCUT2D eigenvalue weighted by atomic mass is 9.99. The van der Waals surface area contributed by atoms with Crippen molar-refractivity contribution in [2.45, 2.75) is 31.8 Å². The van der Waals surface area contributed by atoms with Crippen LogP contribution in [0.4, 0.5) is 0 Å². The van der Waals surface area contributed by atoms with E-state index >= 15 is 0 Å². The van der Waals surface area contributed by atoms with Crippen LogP contribution in [-0.4, -0.2) is 30.6 Å². The third-order valence-electron chi connectivity index (χ3n) is 4.47. The number of nitrogens with one attached hydrogen (secondary N) is 1. The average Bonchev–Trinajstić information content (AvgIpc) is 3.32. The third-order valence-corrected chi connectivity index (χ3v) is 4.84. The monoisotopic (exact) mass is 290 g/mol. The van der Waals surface area contributed by atoms with Gasteiger partial charge in [-0.1, -0.05) is 41.9 Å². The highest BCUT2D eigenvalue weighted by atomic mass is 35.5. The van der Waals surface area contributed by atoms with E-state index in [0.29, 0.717) is 12.1 Å². The van der Waals surface area contributed by atoms with Crippen LogP contribution >= 0.6 is 11.6 Å². The maximum atomic E-state index is 5.86. The Morgan fingerprint density at radius 2 is 2.10 bits per heavy atom. The van der Waals surface area contributed by atoms with Crippen LogP contribution in [-0.2, 0) is 0 Å². The van der Waals surface area contributed by atoms with Crippen LogP contribution in [0.2, 0.25) is 0 Å². The zero-order chi connectivity index (χ0) is 13.9. The molecular weight excluding hydrogens is 268 g/mol. The number of hydrogen-bond donors (Lipinski definition) is 1. The van der Waals surface area contributed by atoms with Gasteiger partial charge in [0.05, 0.1) is 0 Å². The molecule has 2 atom stereocenters. The second-order valence-electron chi connectivity index (χ2n) is 6.16. The van der Waals surface area contributed by atoms with Crippen molar-refractivity contribution in [2.75, 3.05) is 19.6 Å². The molecule has 0 bridgehead atoms. The molecule has 1 aromatic carbocycles. The van der Waals surface area contributed by atoms with Crippen molar-refractivity contribution in [1.82, 2.24) is 10.2 Å². The van der Waals surface area contributed by atoms with Crippen molar-refractivity contribution in [3.63, 3.8) is 0 Å². The molecule has 1 N–H and O–H groups in total. The zero-order valence-corrected chi connectivity index (χ0v) is 12.8. The lowest BCUT2D eigenvalue weighted by molar-refractivity contribution is 0.126. The van der Waals surface area contributed by atoms with E-state index < -0.39 is 0 Å². The summed E-state index contributed by atoms with van der Waals surface area (Å²) in [4.78, 5) is 2.63. The Kier molecular flexibility index (Phi) is 4.45. The Hall–Kier alpha value is -0.830. The van der Waals surface area contributed by atoms with E-state index in [0.717, 1.165) is 25.6 Å². The molecule has 108 valence electrons. The van der Waals surface area contributed by atoms with Crippen molar-refractivity contribution in [2.24, 2.45) is 5.92 Å². The fourth-order valence-corrected chi connectivity index (χ4v) is 3.29. The van der Waals surface area contributed by atoms with E-state index in [2.05, 4.69) is 47.5 Å². The Labute approximate surface area is 126 Å². The highest BCUT2D eigenvalue weighted by Gasteiger charge is 2.38. The van der Waals surface area contributed by atoms with Gasteiger partial charge in [0.15, 0.2) is 0 Å². The molecule has 2 aliphatic rings. The quantitative estimate of drug-likeness (QED) is 0.912. The molecule has 1 saturated carbocycles. The van der Waals surface area contributed by atoms with Crippen LogP contribution in [0.3, 0.4) is 0 Å². The van der Waals surface area contributed by atoms with E-state index in [4.69, 9.17) is 11.6 Å². The molecule has 1 heterocycles. The predicted octanol–water partition coefficient (Wildman–Crippen LogP) is 3.55. The minimum absolute atomic E-state index is 0.439. The molecule has 0 amide bonds. The number of rotatable bonds is 4. The fourth-order valence-electron chi connectivity index (χ4n) is 3.22. The molecule has 1 aliphatic carbocycles. The van der Waals surface area contributed by atoms with E-state index in [1.165, 1.54) is 24.0 Å². The molecule has 20 heavy (non-hydrogen) atoms. The number of nitrogens with zero attached hydrogens (tertiary/aromatic N) is 1. The van der Waals surface area contributed by atoms with Crippen molar-refractivity contribution < 1.29 is 0 Å². The van der Waals surface area contributed by atoms with Gasteiger partial charge in [0.2, 0.25) is 0 Å². The van der Waals surface area contributed by atoms with E-state index in [1.807, 2.05) is 0 Å². The Balaban J connectivity index is 1.72. The first-order chi connectivity index (χ1) is 9.78. The smallest absolute Gasteiger partial charge is 0.0450 e. The molecule has 2 unspecified atom stereocenters. The van der Waals surface area contributed by atoms with Gasteiger partial charge in [-0.05, 0) is 36.8 Å². The van der Waals surface area contributed by atoms with E-state index in [-0.39, 0.29) is 0 Å². The van der Waals surface area contributed by atoms with Crippen LogP contribution in [0.5, 0.6) is 0 Å². The molecule has 2 fully saturated rings. The molecular formula is C17H23ClN2. The van der Waals surface area contributed by atoms with Crippen molar-refractivity contribution in [3.8, 4) is 0 Å². The van der Waals surface area contributed by atoms with E-state index in [9.17, 15) is 0 Å². The minimum atomic E-state index is 0.439. The number of hydrogen-bond acceptors (Lipinski definition) is 2. The summed E-state index contributed by atoms with van der Waals surface area (Å²) in [6, 6.07) is 11.9. The van der Waals surface area contributed by atoms with Gasteiger partial charge in [0.25, 0.3) is 0 Å². The molecule has 1 aromatic rings. The topological polar surface area (TPSA) is 15.3 Å². The average molecular weight is 291 g/mol. The first-order valence-electron chi connectivity index (χ1n) is 7.56. The summed E-state index contributed by atoms with van der Waals surface area (Å²) in [7, 11) is 0. The zero-order valence-electron chi connectivity index (χ0n) is 12.1. The van der Waals surface area contributed by atoms with Gasteiger partial charge in [-0.2, -0.15) is 0 Å². The van der Waals surface area contributed by atoms with E-state index in [1.54, 1.807) is 5.54 Å². The Morgan fingerprint density at radius 1 is 1.35 bits per heavy atom. The molecule has 0 aromatic heterocycles. The van der Waals surface area contributed by atoms with Crippen LogP contribution in [0.25, 0.3) is 0 Å². The summed E-state index contributed by atoms with van der Waals surface area (Å²) in [5.74, 6) is 0.891. The summed E-state index contributed by atoms with van der Waals surface area (Å²) < 4.78 is 0.